The molecule has 0 bridgehead atoms. The highest BCUT2D eigenvalue weighted by molar-refractivity contribution is 7.89. The van der Waals surface area contributed by atoms with Crippen molar-refractivity contribution in [1.82, 2.24) is 9.71 Å². The number of aryl methyl sites for hydroxylation is 2. The van der Waals surface area contributed by atoms with Crippen LogP contribution in [0.25, 0.3) is 0 Å². The fraction of sp³-hybridized carbons (Fsp3) is 0.727. The van der Waals surface area contributed by atoms with E-state index in [2.05, 4.69) is 9.71 Å². The molecule has 4 nitrogen and oxygen atoms in total. The largest absolute Gasteiger partial charge is 0.247 e. The first-order chi connectivity index (χ1) is 8.35. The molecular weight excluding hydrogens is 292 g/mol. The molecule has 0 aliphatic carbocycles. The van der Waals surface area contributed by atoms with Crippen LogP contribution in [0.4, 0.5) is 0 Å². The summed E-state index contributed by atoms with van der Waals surface area (Å²) in [6.07, 6.45) is 1.31. The van der Waals surface area contributed by atoms with Gasteiger partial charge in [0, 0.05) is 10.8 Å². The molecule has 0 amide bonds. The van der Waals surface area contributed by atoms with Crippen LogP contribution in [0.2, 0.25) is 0 Å². The molecule has 1 aromatic heterocycles. The van der Waals surface area contributed by atoms with Gasteiger partial charge in [0.15, 0.2) is 0 Å². The minimum atomic E-state index is -3.24. The molecule has 0 spiro atoms. The maximum Gasteiger partial charge on any atom is 0.212 e. The molecule has 0 saturated heterocycles. The van der Waals surface area contributed by atoms with Gasteiger partial charge in [0.1, 0.15) is 0 Å². The Hall–Kier alpha value is -0.170. The van der Waals surface area contributed by atoms with Crippen molar-refractivity contribution in [3.8, 4) is 0 Å². The number of halogens is 1. The van der Waals surface area contributed by atoms with E-state index in [9.17, 15) is 8.42 Å². The number of nitrogens with one attached hydrogen (secondary N) is 1. The van der Waals surface area contributed by atoms with Crippen LogP contribution in [0.15, 0.2) is 0 Å². The highest BCUT2D eigenvalue weighted by Gasteiger charge is 2.19. The third kappa shape index (κ3) is 4.84. The SMILES string of the molecule is Cc1nc(C)c(C(C)NS(=O)(=O)CCCCCl)s1. The summed E-state index contributed by atoms with van der Waals surface area (Å²) >= 11 is 7.07. The van der Waals surface area contributed by atoms with Crippen LogP contribution >= 0.6 is 22.9 Å². The van der Waals surface area contributed by atoms with Gasteiger partial charge in [-0.1, -0.05) is 0 Å². The van der Waals surface area contributed by atoms with Gasteiger partial charge in [0.25, 0.3) is 0 Å². The van der Waals surface area contributed by atoms with Gasteiger partial charge in [-0.25, -0.2) is 18.1 Å². The average molecular weight is 311 g/mol. The van der Waals surface area contributed by atoms with Crippen molar-refractivity contribution in [2.24, 2.45) is 0 Å². The van der Waals surface area contributed by atoms with Crippen LogP contribution < -0.4 is 4.72 Å². The van der Waals surface area contributed by atoms with E-state index in [0.717, 1.165) is 22.0 Å². The molecular formula is C11H19ClN2O2S2. The number of unbranched alkanes of at least 4 members (excludes halogenated alkanes) is 1. The van der Waals surface area contributed by atoms with Crippen molar-refractivity contribution in [1.29, 1.82) is 0 Å². The third-order valence-corrected chi connectivity index (χ3v) is 5.55. The first kappa shape index (κ1) is 15.9. The molecule has 0 aromatic carbocycles. The molecule has 1 atom stereocenters. The Kier molecular flexibility index (Phi) is 6.04. The van der Waals surface area contributed by atoms with Crippen LogP contribution in [0, 0.1) is 13.8 Å². The van der Waals surface area contributed by atoms with Crippen LogP contribution in [-0.2, 0) is 10.0 Å². The minimum absolute atomic E-state index is 0.126. The lowest BCUT2D eigenvalue weighted by atomic mass is 10.2. The Bertz CT molecular complexity index is 485. The predicted molar refractivity (Wildman–Crippen MR) is 76.9 cm³/mol. The van der Waals surface area contributed by atoms with Gasteiger partial charge in [-0.15, -0.1) is 22.9 Å². The number of nitrogens with zero attached hydrogens (tertiary/aromatic N) is 1. The standard InChI is InChI=1S/C11H19ClN2O2S2/c1-8-11(17-10(3)13-8)9(2)14-18(15,16)7-5-4-6-12/h9,14H,4-7H2,1-3H3. The summed E-state index contributed by atoms with van der Waals surface area (Å²) < 4.78 is 26.4. The van der Waals surface area contributed by atoms with Gasteiger partial charge in [-0.05, 0) is 33.6 Å². The number of thiazole rings is 1. The summed E-state index contributed by atoms with van der Waals surface area (Å²) in [7, 11) is -3.24. The number of hydrogen-bond donors (Lipinski definition) is 1. The Balaban J connectivity index is 2.64. The molecule has 1 rings (SSSR count). The van der Waals surface area contributed by atoms with E-state index >= 15 is 0 Å². The van der Waals surface area contributed by atoms with Crippen molar-refractivity contribution in [3.63, 3.8) is 0 Å². The Labute approximate surface area is 118 Å². The molecule has 0 radical (unpaired) electrons. The summed E-state index contributed by atoms with van der Waals surface area (Å²) in [6, 6.07) is -0.225. The molecule has 1 unspecified atom stereocenters. The van der Waals surface area contributed by atoms with Gasteiger partial charge < -0.3 is 0 Å². The molecule has 7 heteroatoms. The number of rotatable bonds is 7. The zero-order valence-electron chi connectivity index (χ0n) is 10.9. The molecule has 1 heterocycles. The highest BCUT2D eigenvalue weighted by atomic mass is 35.5. The van der Waals surface area contributed by atoms with Gasteiger partial charge in [0.05, 0.1) is 22.5 Å². The summed E-state index contributed by atoms with van der Waals surface area (Å²) in [5.41, 5.74) is 0.897. The lowest BCUT2D eigenvalue weighted by Gasteiger charge is -2.13. The number of sulfonamides is 1. The molecule has 0 fully saturated rings. The Morgan fingerprint density at radius 2 is 2.06 bits per heavy atom. The molecule has 18 heavy (non-hydrogen) atoms. The van der Waals surface area contributed by atoms with Crippen molar-refractivity contribution in [3.05, 3.63) is 15.6 Å². The third-order valence-electron chi connectivity index (χ3n) is 2.49. The van der Waals surface area contributed by atoms with E-state index in [4.69, 9.17) is 11.6 Å². The smallest absolute Gasteiger partial charge is 0.212 e. The summed E-state index contributed by atoms with van der Waals surface area (Å²) in [5.74, 6) is 0.624. The lowest BCUT2D eigenvalue weighted by Crippen LogP contribution is -2.29. The maximum absolute atomic E-state index is 11.8. The predicted octanol–water partition coefficient (Wildman–Crippen LogP) is 2.76. The Morgan fingerprint density at radius 3 is 2.56 bits per heavy atom. The van der Waals surface area contributed by atoms with Crippen molar-refractivity contribution in [2.45, 2.75) is 39.7 Å². The monoisotopic (exact) mass is 310 g/mol. The van der Waals surface area contributed by atoms with Crippen molar-refractivity contribution < 1.29 is 8.42 Å². The molecule has 1 N–H and O–H groups in total. The fourth-order valence-corrected chi connectivity index (χ4v) is 4.27. The minimum Gasteiger partial charge on any atom is -0.247 e. The molecule has 0 aliphatic rings. The van der Waals surface area contributed by atoms with E-state index in [0.29, 0.717) is 12.3 Å². The van der Waals surface area contributed by atoms with Crippen LogP contribution in [0.3, 0.4) is 0 Å². The second-order valence-corrected chi connectivity index (χ2v) is 7.72. The van der Waals surface area contributed by atoms with Crippen LogP contribution in [0.5, 0.6) is 0 Å². The van der Waals surface area contributed by atoms with E-state index in [1.807, 2.05) is 20.8 Å². The van der Waals surface area contributed by atoms with E-state index in [1.54, 1.807) is 0 Å². The fourth-order valence-electron chi connectivity index (χ4n) is 1.72. The highest BCUT2D eigenvalue weighted by Crippen LogP contribution is 2.24. The summed E-state index contributed by atoms with van der Waals surface area (Å²) in [4.78, 5) is 5.28. The zero-order chi connectivity index (χ0) is 13.8. The summed E-state index contributed by atoms with van der Waals surface area (Å²) in [6.45, 7) is 5.67. The van der Waals surface area contributed by atoms with Gasteiger partial charge in [-0.3, -0.25) is 0 Å². The maximum atomic E-state index is 11.8. The summed E-state index contributed by atoms with van der Waals surface area (Å²) in [5, 5.41) is 0.954. The molecule has 1 aromatic rings. The second-order valence-electron chi connectivity index (χ2n) is 4.24. The number of aromatic nitrogens is 1. The molecule has 0 aliphatic heterocycles. The van der Waals surface area contributed by atoms with E-state index in [1.165, 1.54) is 11.3 Å². The first-order valence-corrected chi connectivity index (χ1v) is 8.86. The van der Waals surface area contributed by atoms with Crippen LogP contribution in [0.1, 0.15) is 41.4 Å². The van der Waals surface area contributed by atoms with E-state index < -0.39 is 10.0 Å². The van der Waals surface area contributed by atoms with Gasteiger partial charge in [-0.2, -0.15) is 0 Å². The lowest BCUT2D eigenvalue weighted by molar-refractivity contribution is 0.565. The van der Waals surface area contributed by atoms with Gasteiger partial charge >= 0.3 is 0 Å². The quantitative estimate of drug-likeness (QED) is 0.622. The molecule has 104 valence electrons. The van der Waals surface area contributed by atoms with E-state index in [-0.39, 0.29) is 11.8 Å². The molecule has 0 saturated carbocycles. The van der Waals surface area contributed by atoms with Crippen molar-refractivity contribution >= 4 is 33.0 Å². The normalized spacial score (nSPS) is 13.8. The topological polar surface area (TPSA) is 59.1 Å². The zero-order valence-corrected chi connectivity index (χ0v) is 13.3. The van der Waals surface area contributed by atoms with Crippen LogP contribution in [-0.4, -0.2) is 25.0 Å². The second kappa shape index (κ2) is 6.84. The Morgan fingerprint density at radius 1 is 1.39 bits per heavy atom. The average Bonchev–Trinajstić information content (AvgIpc) is 2.57. The van der Waals surface area contributed by atoms with Gasteiger partial charge in [0.2, 0.25) is 10.0 Å². The van der Waals surface area contributed by atoms with Crippen molar-refractivity contribution in [2.75, 3.05) is 11.6 Å². The number of alkyl halides is 1. The first-order valence-electron chi connectivity index (χ1n) is 5.85. The number of hydrogen-bond acceptors (Lipinski definition) is 4.